The molecule has 0 saturated carbocycles. The summed E-state index contributed by atoms with van der Waals surface area (Å²) in [4.78, 5) is 9.96. The maximum atomic E-state index is 11.3. The number of ether oxygens (including phenoxy) is 3. The van der Waals surface area contributed by atoms with Crippen molar-refractivity contribution in [2.75, 3.05) is 22.5 Å². The molecule has 20 heteroatoms. The normalized spacial score (nSPS) is 10.4. The van der Waals surface area contributed by atoms with Crippen molar-refractivity contribution < 1.29 is 97.3 Å². The Labute approximate surface area is 381 Å². The molecular formula is C43H37N4NaO14S. The van der Waals surface area contributed by atoms with Gasteiger partial charge in [-0.2, -0.15) is 8.42 Å². The Bertz CT molecular complexity index is 2690. The van der Waals surface area contributed by atoms with Crippen LogP contribution in [-0.2, 0) is 10.1 Å². The average molecular weight is 889 g/mol. The van der Waals surface area contributed by atoms with Crippen LogP contribution in [0.4, 0.5) is 28.4 Å². The minimum atomic E-state index is -4.35. The minimum absolute atomic E-state index is 0. The smallest absolute Gasteiger partial charge is 0.545 e. The molecule has 0 aliphatic carbocycles. The van der Waals surface area contributed by atoms with Crippen LogP contribution in [0.5, 0.6) is 69.0 Å². The number of aromatic carboxylic acids is 1. The summed E-state index contributed by atoms with van der Waals surface area (Å²) >= 11 is 0. The molecule has 7 rings (SSSR count). The molecule has 0 fully saturated rings. The third-order valence-corrected chi connectivity index (χ3v) is 8.74. The standard InChI is InChI=1S/C24H18O9.C12H13N3O3S.C7H7NO2.Na/c25-13-1-14(26)4-19(3-13)31-21-7-17(29)9-23(11-21)33-24-10-18(30)8-22(12-24)32-20-5-15(27)2-16(28)6-20;13-8-1-4-10(5-2-8)15-11-6-3-9(14)7-12(11)19(16,17)18;8-6-4-2-1-3-5(6)7(9)10;/h1-12,25-30H;1-7,15H,13-14H2,(H,16,17,18);1-4H,8H2,(H,9,10);/q;;;+1/p-1. The molecule has 0 aliphatic heterocycles. The number of benzene rings is 7. The number of nitrogen functional groups attached to an aromatic ring is 3. The van der Waals surface area contributed by atoms with Crippen molar-refractivity contribution >= 4 is 44.5 Å². The molecule has 0 aliphatic rings. The number of aromatic hydroxyl groups is 6. The first-order valence-electron chi connectivity index (χ1n) is 17.6. The fourth-order valence-electron chi connectivity index (χ4n) is 5.27. The second kappa shape index (κ2) is 21.2. The quantitative estimate of drug-likeness (QED) is 0.0529. The van der Waals surface area contributed by atoms with E-state index in [0.29, 0.717) is 11.4 Å². The molecule has 0 heterocycles. The van der Waals surface area contributed by atoms with E-state index < -0.39 is 16.1 Å². The van der Waals surface area contributed by atoms with Crippen LogP contribution in [0.15, 0.2) is 144 Å². The number of nitrogens with one attached hydrogen (secondary N) is 1. The maximum Gasteiger partial charge on any atom is 1.00 e. The summed E-state index contributed by atoms with van der Waals surface area (Å²) in [5.74, 6) is -1.52. The molecular weight excluding hydrogens is 852 g/mol. The summed E-state index contributed by atoms with van der Waals surface area (Å²) in [6, 6.07) is 32.7. The molecule has 63 heavy (non-hydrogen) atoms. The van der Waals surface area contributed by atoms with E-state index in [9.17, 15) is 53.5 Å². The van der Waals surface area contributed by atoms with Crippen LogP contribution in [0.2, 0.25) is 0 Å². The molecule has 0 amide bonds. The number of para-hydroxylation sites is 1. The molecule has 0 saturated heterocycles. The first-order valence-corrected chi connectivity index (χ1v) is 19.1. The monoisotopic (exact) mass is 888 g/mol. The molecule has 0 spiro atoms. The van der Waals surface area contributed by atoms with Gasteiger partial charge in [-0.15, -0.1) is 0 Å². The number of nitrogens with two attached hydrogens (primary N) is 3. The van der Waals surface area contributed by atoms with Gasteiger partial charge in [0.15, 0.2) is 0 Å². The predicted molar refractivity (Wildman–Crippen MR) is 226 cm³/mol. The Morgan fingerprint density at radius 2 is 0.873 bits per heavy atom. The Morgan fingerprint density at radius 3 is 1.24 bits per heavy atom. The minimum Gasteiger partial charge on any atom is -0.545 e. The predicted octanol–water partition coefficient (Wildman–Crippen LogP) is 3.77. The van der Waals surface area contributed by atoms with Crippen molar-refractivity contribution in [1.29, 1.82) is 0 Å². The fraction of sp³-hybridized carbons (Fsp3) is 0. The largest absolute Gasteiger partial charge is 1.00 e. The SMILES string of the molecule is Nc1ccc(Nc2ccc(N)cc2S(=O)(=O)O)cc1.Nc1ccccc1C(=O)[O-].Oc1cc(O)cc(Oc2cc(O)cc(Oc3cc(O)cc(Oc4cc(O)cc(O)c4)c3)c2)c1.[Na+]. The molecule has 0 atom stereocenters. The van der Waals surface area contributed by atoms with Crippen molar-refractivity contribution in [2.24, 2.45) is 0 Å². The Kier molecular flexibility index (Phi) is 16.2. The molecule has 0 aromatic heterocycles. The van der Waals surface area contributed by atoms with E-state index in [-0.39, 0.29) is 126 Å². The number of phenols is 6. The van der Waals surface area contributed by atoms with Gasteiger partial charge < -0.3 is 77.3 Å². The van der Waals surface area contributed by atoms with Crippen molar-refractivity contribution in [3.63, 3.8) is 0 Å². The van der Waals surface area contributed by atoms with Crippen molar-refractivity contribution in [3.8, 4) is 69.0 Å². The van der Waals surface area contributed by atoms with Gasteiger partial charge in [-0.05, 0) is 48.5 Å². The van der Waals surface area contributed by atoms with Crippen molar-refractivity contribution in [3.05, 3.63) is 145 Å². The number of phenolic OH excluding ortho intramolecular Hbond substituents is 6. The summed E-state index contributed by atoms with van der Waals surface area (Å²) in [6.07, 6.45) is 0. The zero-order valence-corrected chi connectivity index (χ0v) is 35.7. The molecule has 7 aromatic carbocycles. The summed E-state index contributed by atoms with van der Waals surface area (Å²) in [7, 11) is -4.35. The van der Waals surface area contributed by atoms with Crippen LogP contribution in [-0.4, -0.2) is 49.6 Å². The van der Waals surface area contributed by atoms with Gasteiger partial charge in [0.2, 0.25) is 0 Å². The third-order valence-electron chi connectivity index (χ3n) is 7.84. The van der Waals surface area contributed by atoms with Gasteiger partial charge in [-0.25, -0.2) is 0 Å². The Morgan fingerprint density at radius 1 is 0.508 bits per heavy atom. The second-order valence-corrected chi connectivity index (χ2v) is 14.2. The van der Waals surface area contributed by atoms with Gasteiger partial charge in [0.1, 0.15) is 73.9 Å². The van der Waals surface area contributed by atoms with E-state index in [1.54, 1.807) is 36.4 Å². The van der Waals surface area contributed by atoms with E-state index >= 15 is 0 Å². The molecule has 18 nitrogen and oxygen atoms in total. The zero-order chi connectivity index (χ0) is 45.1. The summed E-state index contributed by atoms with van der Waals surface area (Å²) in [5, 5.41) is 71.5. The van der Waals surface area contributed by atoms with Crippen LogP contribution in [0, 0.1) is 0 Å². The Balaban J connectivity index is 0.000000243. The summed E-state index contributed by atoms with van der Waals surface area (Å²) < 4.78 is 48.6. The van der Waals surface area contributed by atoms with E-state index in [1.165, 1.54) is 91.0 Å². The molecule has 14 N–H and O–H groups in total. The van der Waals surface area contributed by atoms with Gasteiger partial charge in [0.25, 0.3) is 10.1 Å². The van der Waals surface area contributed by atoms with Crippen LogP contribution < -0.4 is 71.4 Å². The number of rotatable bonds is 10. The summed E-state index contributed by atoms with van der Waals surface area (Å²) in [6.45, 7) is 0. The first kappa shape index (κ1) is 48.0. The Hall–Kier alpha value is -7.68. The van der Waals surface area contributed by atoms with Crippen LogP contribution in [0.1, 0.15) is 10.4 Å². The van der Waals surface area contributed by atoms with Gasteiger partial charge in [0, 0.05) is 101 Å². The average Bonchev–Trinajstić information content (AvgIpc) is 3.15. The van der Waals surface area contributed by atoms with Crippen LogP contribution in [0.25, 0.3) is 0 Å². The van der Waals surface area contributed by atoms with E-state index in [0.717, 1.165) is 12.1 Å². The maximum absolute atomic E-state index is 11.3. The zero-order valence-electron chi connectivity index (χ0n) is 32.9. The number of carbonyl (C=O) groups excluding carboxylic acids is 1. The van der Waals surface area contributed by atoms with Gasteiger partial charge in [-0.1, -0.05) is 18.2 Å². The third kappa shape index (κ3) is 14.8. The number of hydrogen-bond acceptors (Lipinski definition) is 17. The topological polar surface area (TPSA) is 334 Å². The van der Waals surface area contributed by atoms with Crippen molar-refractivity contribution in [1.82, 2.24) is 0 Å². The van der Waals surface area contributed by atoms with Crippen LogP contribution in [0.3, 0.4) is 0 Å². The second-order valence-electron chi connectivity index (χ2n) is 12.9. The van der Waals surface area contributed by atoms with E-state index in [2.05, 4.69) is 5.32 Å². The number of hydrogen-bond donors (Lipinski definition) is 11. The number of carboxylic acid groups (broad SMARTS) is 1. The number of carboxylic acids is 1. The molecule has 7 aromatic rings. The van der Waals surface area contributed by atoms with Crippen molar-refractivity contribution in [2.45, 2.75) is 4.90 Å². The van der Waals surface area contributed by atoms with E-state index in [1.807, 2.05) is 0 Å². The first-order chi connectivity index (χ1) is 29.3. The van der Waals surface area contributed by atoms with Gasteiger partial charge in [-0.3, -0.25) is 4.55 Å². The van der Waals surface area contributed by atoms with Gasteiger partial charge >= 0.3 is 29.6 Å². The number of carbonyl (C=O) groups is 1. The molecule has 0 bridgehead atoms. The van der Waals surface area contributed by atoms with Crippen LogP contribution >= 0.6 is 0 Å². The number of anilines is 5. The summed E-state index contributed by atoms with van der Waals surface area (Å²) in [5.41, 5.74) is 18.4. The molecule has 0 radical (unpaired) electrons. The van der Waals surface area contributed by atoms with E-state index in [4.69, 9.17) is 31.4 Å². The molecule has 320 valence electrons. The van der Waals surface area contributed by atoms with Gasteiger partial charge in [0.05, 0.1) is 11.7 Å². The molecule has 0 unspecified atom stereocenters. The fourth-order valence-corrected chi connectivity index (χ4v) is 5.95.